The Morgan fingerprint density at radius 2 is 1.75 bits per heavy atom. The molecule has 6 rings (SSSR count). The molecule has 0 N–H and O–H groups in total. The van der Waals surface area contributed by atoms with Gasteiger partial charge < -0.3 is 18.9 Å². The minimum Gasteiger partial charge on any atom is -0.497 e. The average Bonchev–Trinajstić information content (AvgIpc) is 3.32. The zero-order chi connectivity index (χ0) is 21.0. The van der Waals surface area contributed by atoms with E-state index in [9.17, 15) is 0 Å². The molecule has 1 unspecified atom stereocenters. The Bertz CT molecular complexity index is 1020. The van der Waals surface area contributed by atoms with Gasteiger partial charge in [-0.3, -0.25) is 0 Å². The molecule has 3 aliphatic heterocycles. The molecule has 0 aliphatic carbocycles. The molecule has 0 saturated carbocycles. The lowest BCUT2D eigenvalue weighted by molar-refractivity contribution is 0.0739. The standard InChI is InChI=1S/C26H28N2O3.ClH/c1-29-23-7-2-19(3-8-23)18-30-24-9-4-21(5-10-24)26-16-25(31-27-26)11-6-22-17-28-14-12-20(22)13-15-28;/h2-11,16,20,22H,12-15,17-18H2,1H3;1H. The number of aromatic nitrogens is 1. The van der Waals surface area contributed by atoms with E-state index in [1.54, 1.807) is 7.11 Å². The minimum atomic E-state index is 0. The fraction of sp³-hybridized carbons (Fsp3) is 0.346. The molecule has 0 amide bonds. The van der Waals surface area contributed by atoms with Crippen LogP contribution < -0.4 is 9.47 Å². The Morgan fingerprint density at radius 1 is 1.03 bits per heavy atom. The number of hydrogen-bond donors (Lipinski definition) is 0. The van der Waals surface area contributed by atoms with Gasteiger partial charge in [0, 0.05) is 18.2 Å². The number of fused-ring (bicyclic) bond motifs is 3. The molecule has 4 heterocycles. The zero-order valence-electron chi connectivity index (χ0n) is 18.3. The van der Waals surface area contributed by atoms with Gasteiger partial charge >= 0.3 is 0 Å². The van der Waals surface area contributed by atoms with E-state index >= 15 is 0 Å². The average molecular weight is 453 g/mol. The Hall–Kier alpha value is -2.76. The second kappa shape index (κ2) is 10.2. The van der Waals surface area contributed by atoms with Gasteiger partial charge in [-0.25, -0.2) is 0 Å². The lowest BCUT2D eigenvalue weighted by Crippen LogP contribution is -2.46. The number of ether oxygens (including phenoxy) is 2. The van der Waals surface area contributed by atoms with Crippen molar-refractivity contribution in [3.63, 3.8) is 0 Å². The van der Waals surface area contributed by atoms with E-state index in [1.165, 1.54) is 32.5 Å². The molecule has 6 heteroatoms. The highest BCUT2D eigenvalue weighted by molar-refractivity contribution is 5.85. The van der Waals surface area contributed by atoms with Crippen LogP contribution in [0, 0.1) is 11.8 Å². The fourth-order valence-electron chi connectivity index (χ4n) is 4.56. The second-order valence-electron chi connectivity index (χ2n) is 8.44. The predicted octanol–water partition coefficient (Wildman–Crippen LogP) is 5.71. The lowest BCUT2D eigenvalue weighted by atomic mass is 9.79. The first-order chi connectivity index (χ1) is 15.3. The fourth-order valence-corrected chi connectivity index (χ4v) is 4.56. The Labute approximate surface area is 195 Å². The van der Waals surface area contributed by atoms with E-state index in [0.717, 1.165) is 40.0 Å². The van der Waals surface area contributed by atoms with E-state index in [1.807, 2.05) is 54.6 Å². The van der Waals surface area contributed by atoms with Crippen molar-refractivity contribution < 1.29 is 14.0 Å². The third-order valence-electron chi connectivity index (χ3n) is 6.46. The molecule has 3 aliphatic rings. The van der Waals surface area contributed by atoms with Crippen molar-refractivity contribution in [1.82, 2.24) is 10.1 Å². The molecule has 1 atom stereocenters. The van der Waals surface area contributed by atoms with Gasteiger partial charge in [0.25, 0.3) is 0 Å². The topological polar surface area (TPSA) is 47.7 Å². The van der Waals surface area contributed by atoms with E-state index in [-0.39, 0.29) is 12.4 Å². The third-order valence-corrected chi connectivity index (χ3v) is 6.46. The van der Waals surface area contributed by atoms with Gasteiger partial charge in [0.05, 0.1) is 7.11 Å². The van der Waals surface area contributed by atoms with E-state index < -0.39 is 0 Å². The van der Waals surface area contributed by atoms with Crippen LogP contribution in [-0.2, 0) is 6.61 Å². The van der Waals surface area contributed by atoms with Gasteiger partial charge in [-0.15, -0.1) is 12.4 Å². The van der Waals surface area contributed by atoms with Crippen LogP contribution in [0.1, 0.15) is 24.2 Å². The van der Waals surface area contributed by atoms with Crippen molar-refractivity contribution in [2.75, 3.05) is 26.7 Å². The van der Waals surface area contributed by atoms with Crippen LogP contribution in [0.25, 0.3) is 17.3 Å². The zero-order valence-corrected chi connectivity index (χ0v) is 19.1. The predicted molar refractivity (Wildman–Crippen MR) is 128 cm³/mol. The van der Waals surface area contributed by atoms with E-state index in [0.29, 0.717) is 12.5 Å². The number of methoxy groups -OCH3 is 1. The second-order valence-corrected chi connectivity index (χ2v) is 8.44. The Kier molecular flexibility index (Phi) is 7.18. The highest BCUT2D eigenvalue weighted by Crippen LogP contribution is 2.33. The van der Waals surface area contributed by atoms with Crippen LogP contribution in [0.3, 0.4) is 0 Å². The third kappa shape index (κ3) is 5.17. The monoisotopic (exact) mass is 452 g/mol. The van der Waals surface area contributed by atoms with Gasteiger partial charge in [0.2, 0.25) is 0 Å². The van der Waals surface area contributed by atoms with Gasteiger partial charge in [-0.1, -0.05) is 23.4 Å². The maximum Gasteiger partial charge on any atom is 0.159 e. The maximum absolute atomic E-state index is 5.89. The SMILES string of the molecule is COc1ccc(COc2ccc(-c3cc(C=CC4CN5CCC4CC5)on3)cc2)cc1.Cl. The molecule has 5 nitrogen and oxygen atoms in total. The normalized spacial score (nSPS) is 22.0. The van der Waals surface area contributed by atoms with Gasteiger partial charge in [0.15, 0.2) is 5.76 Å². The first-order valence-corrected chi connectivity index (χ1v) is 11.0. The summed E-state index contributed by atoms with van der Waals surface area (Å²) < 4.78 is 16.6. The highest BCUT2D eigenvalue weighted by Gasteiger charge is 2.32. The number of halogens is 1. The molecule has 1 aromatic heterocycles. The first kappa shape index (κ1) is 22.4. The largest absolute Gasteiger partial charge is 0.497 e. The van der Waals surface area contributed by atoms with Crippen LogP contribution in [0.5, 0.6) is 11.5 Å². The van der Waals surface area contributed by atoms with Crippen molar-refractivity contribution in [2.24, 2.45) is 11.8 Å². The number of piperidine rings is 3. The minimum absolute atomic E-state index is 0. The maximum atomic E-state index is 5.89. The van der Waals surface area contributed by atoms with E-state index in [4.69, 9.17) is 14.0 Å². The molecule has 3 aromatic rings. The van der Waals surface area contributed by atoms with Gasteiger partial charge in [0.1, 0.15) is 23.8 Å². The number of hydrogen-bond acceptors (Lipinski definition) is 5. The first-order valence-electron chi connectivity index (χ1n) is 11.0. The Morgan fingerprint density at radius 3 is 2.41 bits per heavy atom. The lowest BCUT2D eigenvalue weighted by Gasteiger charge is -2.43. The number of nitrogens with zero attached hydrogens (tertiary/aromatic N) is 2. The summed E-state index contributed by atoms with van der Waals surface area (Å²) in [4.78, 5) is 2.57. The quantitative estimate of drug-likeness (QED) is 0.459. The van der Waals surface area contributed by atoms with Crippen molar-refractivity contribution in [3.05, 3.63) is 72.0 Å². The molecule has 0 spiro atoms. The van der Waals surface area contributed by atoms with Crippen LogP contribution in [0.15, 0.2) is 65.2 Å². The van der Waals surface area contributed by atoms with Gasteiger partial charge in [-0.2, -0.15) is 0 Å². The van der Waals surface area contributed by atoms with Crippen molar-refractivity contribution in [1.29, 1.82) is 0 Å². The van der Waals surface area contributed by atoms with Crippen LogP contribution >= 0.6 is 12.4 Å². The molecule has 0 radical (unpaired) electrons. The summed E-state index contributed by atoms with van der Waals surface area (Å²) in [5.41, 5.74) is 2.96. The summed E-state index contributed by atoms with van der Waals surface area (Å²) in [6.07, 6.45) is 7.05. The van der Waals surface area contributed by atoms with Crippen LogP contribution in [-0.4, -0.2) is 36.8 Å². The molecule has 2 bridgehead atoms. The molecule has 3 saturated heterocycles. The number of rotatable bonds is 7. The molecular weight excluding hydrogens is 424 g/mol. The molecule has 2 aromatic carbocycles. The van der Waals surface area contributed by atoms with Crippen molar-refractivity contribution in [2.45, 2.75) is 19.4 Å². The summed E-state index contributed by atoms with van der Waals surface area (Å²) in [5.74, 6) is 3.95. The summed E-state index contributed by atoms with van der Waals surface area (Å²) in [6.45, 7) is 4.23. The molecule has 3 fully saturated rings. The summed E-state index contributed by atoms with van der Waals surface area (Å²) in [5, 5.41) is 4.25. The Balaban J connectivity index is 0.00000245. The van der Waals surface area contributed by atoms with Crippen molar-refractivity contribution >= 4 is 18.5 Å². The molecule has 168 valence electrons. The molecular formula is C26H29ClN2O3. The summed E-state index contributed by atoms with van der Waals surface area (Å²) in [6, 6.07) is 17.9. The van der Waals surface area contributed by atoms with Crippen molar-refractivity contribution in [3.8, 4) is 22.8 Å². The number of benzene rings is 2. The summed E-state index contributed by atoms with van der Waals surface area (Å²) >= 11 is 0. The van der Waals surface area contributed by atoms with Crippen LogP contribution in [0.4, 0.5) is 0 Å². The van der Waals surface area contributed by atoms with Gasteiger partial charge in [-0.05, 0) is 85.8 Å². The van der Waals surface area contributed by atoms with E-state index in [2.05, 4.69) is 22.2 Å². The smallest absolute Gasteiger partial charge is 0.159 e. The summed E-state index contributed by atoms with van der Waals surface area (Å²) in [7, 11) is 1.67. The highest BCUT2D eigenvalue weighted by atomic mass is 35.5. The molecule has 32 heavy (non-hydrogen) atoms. The van der Waals surface area contributed by atoms with Crippen LogP contribution in [0.2, 0.25) is 0 Å².